The first kappa shape index (κ1) is 17.4. The highest BCUT2D eigenvalue weighted by atomic mass is 32.2. The predicted molar refractivity (Wildman–Crippen MR) is 80.4 cm³/mol. The minimum absolute atomic E-state index is 0.173. The third kappa shape index (κ3) is 6.09. The summed E-state index contributed by atoms with van der Waals surface area (Å²) in [5, 5.41) is 5.45. The number of amides is 1. The van der Waals surface area contributed by atoms with E-state index in [1.54, 1.807) is 0 Å². The third-order valence-corrected chi connectivity index (χ3v) is 3.34. The lowest BCUT2D eigenvalue weighted by molar-refractivity contribution is 0.0954. The SMILES string of the molecule is CCNc1c(F)cccc1C(=O)NCCCNS(C)(=O)=O. The number of rotatable bonds is 8. The first-order chi connectivity index (χ1) is 9.85. The third-order valence-electron chi connectivity index (χ3n) is 2.62. The summed E-state index contributed by atoms with van der Waals surface area (Å²) in [6.45, 7) is 2.84. The van der Waals surface area contributed by atoms with E-state index in [0.717, 1.165) is 6.26 Å². The van der Waals surface area contributed by atoms with Gasteiger partial charge in [0.1, 0.15) is 5.82 Å². The van der Waals surface area contributed by atoms with Gasteiger partial charge in [0.05, 0.1) is 17.5 Å². The zero-order valence-electron chi connectivity index (χ0n) is 12.1. The van der Waals surface area contributed by atoms with Gasteiger partial charge in [0.15, 0.2) is 0 Å². The normalized spacial score (nSPS) is 11.2. The number of hydrogen-bond donors (Lipinski definition) is 3. The molecule has 1 aromatic carbocycles. The Balaban J connectivity index is 2.54. The van der Waals surface area contributed by atoms with Crippen molar-refractivity contribution >= 4 is 21.6 Å². The largest absolute Gasteiger partial charge is 0.382 e. The number of carbonyl (C=O) groups is 1. The predicted octanol–water partition coefficient (Wildman–Crippen LogP) is 0.927. The van der Waals surface area contributed by atoms with E-state index in [-0.39, 0.29) is 17.8 Å². The van der Waals surface area contributed by atoms with Crippen molar-refractivity contribution in [3.05, 3.63) is 29.6 Å². The summed E-state index contributed by atoms with van der Waals surface area (Å²) < 4.78 is 37.7. The monoisotopic (exact) mass is 317 g/mol. The fraction of sp³-hybridized carbons (Fsp3) is 0.462. The molecule has 0 spiro atoms. The molecule has 118 valence electrons. The molecule has 0 aliphatic carbocycles. The van der Waals surface area contributed by atoms with Gasteiger partial charge < -0.3 is 10.6 Å². The Bertz CT molecular complexity index is 590. The molecule has 8 heteroatoms. The highest BCUT2D eigenvalue weighted by molar-refractivity contribution is 7.88. The van der Waals surface area contributed by atoms with E-state index in [9.17, 15) is 17.6 Å². The van der Waals surface area contributed by atoms with Gasteiger partial charge in [-0.3, -0.25) is 4.79 Å². The van der Waals surface area contributed by atoms with Gasteiger partial charge in [-0.25, -0.2) is 17.5 Å². The van der Waals surface area contributed by atoms with Crippen LogP contribution in [0.1, 0.15) is 23.7 Å². The fourth-order valence-corrected chi connectivity index (χ4v) is 2.23. The van der Waals surface area contributed by atoms with E-state index in [2.05, 4.69) is 15.4 Å². The number of anilines is 1. The number of halogens is 1. The lowest BCUT2D eigenvalue weighted by atomic mass is 10.1. The van der Waals surface area contributed by atoms with Crippen LogP contribution in [0.3, 0.4) is 0 Å². The Morgan fingerprint density at radius 3 is 2.62 bits per heavy atom. The first-order valence-electron chi connectivity index (χ1n) is 6.60. The van der Waals surface area contributed by atoms with E-state index in [1.165, 1.54) is 18.2 Å². The smallest absolute Gasteiger partial charge is 0.253 e. The summed E-state index contributed by atoms with van der Waals surface area (Å²) in [6, 6.07) is 4.28. The number of hydrogen-bond acceptors (Lipinski definition) is 4. The van der Waals surface area contributed by atoms with Crippen LogP contribution in [0.5, 0.6) is 0 Å². The molecule has 0 bridgehead atoms. The van der Waals surface area contributed by atoms with Crippen molar-refractivity contribution in [3.63, 3.8) is 0 Å². The molecule has 0 saturated heterocycles. The Labute approximate surface area is 124 Å². The van der Waals surface area contributed by atoms with Gasteiger partial charge in [-0.15, -0.1) is 0 Å². The molecule has 21 heavy (non-hydrogen) atoms. The molecule has 0 aliphatic rings. The molecule has 0 radical (unpaired) electrons. The van der Waals surface area contributed by atoms with Crippen molar-refractivity contribution < 1.29 is 17.6 Å². The standard InChI is InChI=1S/C13H20FN3O3S/c1-3-15-12-10(6-4-7-11(12)14)13(18)16-8-5-9-17-21(2,19)20/h4,6-7,15,17H,3,5,8-9H2,1-2H3,(H,16,18). The highest BCUT2D eigenvalue weighted by Gasteiger charge is 2.14. The summed E-state index contributed by atoms with van der Waals surface area (Å²) in [6.07, 6.45) is 1.52. The number of benzene rings is 1. The molecule has 0 fully saturated rings. The maximum Gasteiger partial charge on any atom is 0.253 e. The van der Waals surface area contributed by atoms with Gasteiger partial charge in [0.25, 0.3) is 5.91 Å². The van der Waals surface area contributed by atoms with Crippen LogP contribution >= 0.6 is 0 Å². The van der Waals surface area contributed by atoms with Crippen LogP contribution in [0.2, 0.25) is 0 Å². The molecule has 1 aromatic rings. The maximum absolute atomic E-state index is 13.7. The molecule has 0 aromatic heterocycles. The average Bonchev–Trinajstić information content (AvgIpc) is 2.39. The van der Waals surface area contributed by atoms with E-state index < -0.39 is 21.7 Å². The lowest BCUT2D eigenvalue weighted by Crippen LogP contribution is -2.29. The molecule has 6 nitrogen and oxygen atoms in total. The zero-order valence-corrected chi connectivity index (χ0v) is 12.9. The molecule has 0 heterocycles. The van der Waals surface area contributed by atoms with E-state index in [4.69, 9.17) is 0 Å². The minimum Gasteiger partial charge on any atom is -0.382 e. The topological polar surface area (TPSA) is 87.3 Å². The second kappa shape index (κ2) is 7.94. The second-order valence-electron chi connectivity index (χ2n) is 4.47. The summed E-state index contributed by atoms with van der Waals surface area (Å²) in [7, 11) is -3.22. The molecular weight excluding hydrogens is 297 g/mol. The minimum atomic E-state index is -3.22. The van der Waals surface area contributed by atoms with Gasteiger partial charge >= 0.3 is 0 Å². The Morgan fingerprint density at radius 2 is 2.00 bits per heavy atom. The number of nitrogens with one attached hydrogen (secondary N) is 3. The quantitative estimate of drug-likeness (QED) is 0.622. The van der Waals surface area contributed by atoms with Crippen LogP contribution in [0.25, 0.3) is 0 Å². The Kier molecular flexibility index (Phi) is 6.57. The molecule has 0 unspecified atom stereocenters. The maximum atomic E-state index is 13.7. The molecule has 0 atom stereocenters. The van der Waals surface area contributed by atoms with Crippen molar-refractivity contribution in [3.8, 4) is 0 Å². The van der Waals surface area contributed by atoms with Crippen LogP contribution in [-0.2, 0) is 10.0 Å². The van der Waals surface area contributed by atoms with Crippen LogP contribution < -0.4 is 15.4 Å². The second-order valence-corrected chi connectivity index (χ2v) is 6.30. The van der Waals surface area contributed by atoms with Gasteiger partial charge in [0.2, 0.25) is 10.0 Å². The molecule has 1 amide bonds. The molecule has 1 rings (SSSR count). The van der Waals surface area contributed by atoms with Crippen molar-refractivity contribution in [2.45, 2.75) is 13.3 Å². The van der Waals surface area contributed by atoms with Crippen LogP contribution in [0, 0.1) is 5.82 Å². The molecule has 0 aliphatic heterocycles. The number of para-hydroxylation sites is 1. The van der Waals surface area contributed by atoms with Crippen molar-refractivity contribution in [1.29, 1.82) is 0 Å². The van der Waals surface area contributed by atoms with Gasteiger partial charge in [-0.1, -0.05) is 6.07 Å². The first-order valence-corrected chi connectivity index (χ1v) is 8.49. The highest BCUT2D eigenvalue weighted by Crippen LogP contribution is 2.19. The van der Waals surface area contributed by atoms with Crippen LogP contribution in [0.15, 0.2) is 18.2 Å². The summed E-state index contributed by atoms with van der Waals surface area (Å²) >= 11 is 0. The lowest BCUT2D eigenvalue weighted by Gasteiger charge is -2.12. The summed E-state index contributed by atoms with van der Waals surface area (Å²) in [4.78, 5) is 12.0. The van der Waals surface area contributed by atoms with Crippen LogP contribution in [0.4, 0.5) is 10.1 Å². The van der Waals surface area contributed by atoms with Crippen molar-refractivity contribution in [2.24, 2.45) is 0 Å². The van der Waals surface area contributed by atoms with Gasteiger partial charge in [-0.05, 0) is 25.5 Å². The van der Waals surface area contributed by atoms with Crippen molar-refractivity contribution in [2.75, 3.05) is 31.2 Å². The van der Waals surface area contributed by atoms with Gasteiger partial charge in [-0.2, -0.15) is 0 Å². The van der Waals surface area contributed by atoms with Gasteiger partial charge in [0, 0.05) is 19.6 Å². The number of carbonyl (C=O) groups excluding carboxylic acids is 1. The molecule has 3 N–H and O–H groups in total. The Hall–Kier alpha value is -1.67. The number of sulfonamides is 1. The zero-order chi connectivity index (χ0) is 15.9. The average molecular weight is 317 g/mol. The Morgan fingerprint density at radius 1 is 1.29 bits per heavy atom. The van der Waals surface area contributed by atoms with Crippen LogP contribution in [-0.4, -0.2) is 40.2 Å². The van der Waals surface area contributed by atoms with E-state index in [1.807, 2.05) is 6.92 Å². The van der Waals surface area contributed by atoms with E-state index >= 15 is 0 Å². The van der Waals surface area contributed by atoms with Crippen molar-refractivity contribution in [1.82, 2.24) is 10.0 Å². The fourth-order valence-electron chi connectivity index (χ4n) is 1.71. The molecular formula is C13H20FN3O3S. The molecule has 0 saturated carbocycles. The summed E-state index contributed by atoms with van der Waals surface area (Å²) in [5.41, 5.74) is 0.402. The summed E-state index contributed by atoms with van der Waals surface area (Å²) in [5.74, 6) is -0.881. The van der Waals surface area contributed by atoms with E-state index in [0.29, 0.717) is 19.5 Å².